The summed E-state index contributed by atoms with van der Waals surface area (Å²) in [6.45, 7) is 0.109. The molecule has 138 valence electrons. The van der Waals surface area contributed by atoms with Crippen molar-refractivity contribution in [2.24, 2.45) is 0 Å². The second-order valence-electron chi connectivity index (χ2n) is 5.87. The predicted molar refractivity (Wildman–Crippen MR) is 100 cm³/mol. The maximum Gasteiger partial charge on any atom is 0.311 e. The third-order valence-electron chi connectivity index (χ3n) is 3.88. The van der Waals surface area contributed by atoms with Crippen molar-refractivity contribution in [3.8, 4) is 5.75 Å². The molecule has 0 aliphatic rings. The van der Waals surface area contributed by atoms with Crippen LogP contribution in [-0.2, 0) is 20.9 Å². The van der Waals surface area contributed by atoms with Crippen LogP contribution < -0.4 is 4.74 Å². The number of para-hydroxylation sites is 1. The Labute approximate surface area is 160 Å². The van der Waals surface area contributed by atoms with Crippen molar-refractivity contribution in [3.05, 3.63) is 77.1 Å². The van der Waals surface area contributed by atoms with E-state index in [0.717, 1.165) is 22.4 Å². The number of esters is 2. The van der Waals surface area contributed by atoms with E-state index in [-0.39, 0.29) is 30.2 Å². The Morgan fingerprint density at radius 1 is 0.889 bits per heavy atom. The normalized spacial score (nSPS) is 10.6. The Kier molecular flexibility index (Phi) is 6.04. The molecule has 0 bridgehead atoms. The van der Waals surface area contributed by atoms with Gasteiger partial charge in [-0.2, -0.15) is 0 Å². The van der Waals surface area contributed by atoms with Crippen LogP contribution in [0.1, 0.15) is 18.4 Å². The van der Waals surface area contributed by atoms with Crippen molar-refractivity contribution < 1.29 is 23.5 Å². The Bertz CT molecular complexity index is 967. The molecule has 0 saturated heterocycles. The van der Waals surface area contributed by atoms with Crippen LogP contribution in [0.4, 0.5) is 4.39 Å². The number of rotatable bonds is 6. The molecule has 4 nitrogen and oxygen atoms in total. The van der Waals surface area contributed by atoms with Gasteiger partial charge in [-0.1, -0.05) is 54.1 Å². The molecule has 0 radical (unpaired) electrons. The lowest BCUT2D eigenvalue weighted by atomic mass is 10.1. The van der Waals surface area contributed by atoms with E-state index in [2.05, 4.69) is 0 Å². The quantitative estimate of drug-likeness (QED) is 0.439. The summed E-state index contributed by atoms with van der Waals surface area (Å²) in [5, 5.41) is 2.14. The maximum atomic E-state index is 13.6. The van der Waals surface area contributed by atoms with E-state index < -0.39 is 17.8 Å². The Balaban J connectivity index is 1.48. The zero-order valence-corrected chi connectivity index (χ0v) is 15.0. The minimum atomic E-state index is -0.760. The zero-order chi connectivity index (χ0) is 19.2. The van der Waals surface area contributed by atoms with Crippen LogP contribution in [0, 0.1) is 5.82 Å². The van der Waals surface area contributed by atoms with Crippen LogP contribution in [0.5, 0.6) is 5.75 Å². The number of fused-ring (bicyclic) bond motifs is 1. The molecular weight excluding hydrogens is 371 g/mol. The molecule has 0 heterocycles. The van der Waals surface area contributed by atoms with Crippen molar-refractivity contribution >= 4 is 34.3 Å². The molecule has 0 aromatic heterocycles. The van der Waals surface area contributed by atoms with Gasteiger partial charge in [0.15, 0.2) is 11.6 Å². The number of hydrogen-bond donors (Lipinski definition) is 0. The van der Waals surface area contributed by atoms with E-state index in [1.165, 1.54) is 12.1 Å². The van der Waals surface area contributed by atoms with E-state index in [1.807, 2.05) is 42.5 Å². The smallest absolute Gasteiger partial charge is 0.311 e. The average Bonchev–Trinajstić information content (AvgIpc) is 2.67. The number of carbonyl (C=O) groups excluding carboxylic acids is 2. The summed E-state index contributed by atoms with van der Waals surface area (Å²) in [5.41, 5.74) is 0.850. The summed E-state index contributed by atoms with van der Waals surface area (Å²) in [4.78, 5) is 23.6. The summed E-state index contributed by atoms with van der Waals surface area (Å²) in [6, 6.07) is 17.6. The lowest BCUT2D eigenvalue weighted by Crippen LogP contribution is -2.13. The number of halogens is 2. The van der Waals surface area contributed by atoms with Gasteiger partial charge in [-0.25, -0.2) is 4.39 Å². The van der Waals surface area contributed by atoms with Gasteiger partial charge in [-0.15, -0.1) is 0 Å². The van der Waals surface area contributed by atoms with Crippen LogP contribution >= 0.6 is 11.6 Å². The van der Waals surface area contributed by atoms with E-state index >= 15 is 0 Å². The molecule has 0 amide bonds. The van der Waals surface area contributed by atoms with Crippen molar-refractivity contribution in [2.75, 3.05) is 0 Å². The van der Waals surface area contributed by atoms with Gasteiger partial charge in [0.2, 0.25) is 0 Å². The third-order valence-corrected chi connectivity index (χ3v) is 4.18. The topological polar surface area (TPSA) is 52.6 Å². The first-order valence-electron chi connectivity index (χ1n) is 8.31. The third kappa shape index (κ3) is 5.05. The highest BCUT2D eigenvalue weighted by Crippen LogP contribution is 2.27. The SMILES string of the molecule is O=C(CCC(=O)Oc1c(F)cccc1Cl)OCc1ccc2ccccc2c1. The fraction of sp³-hybridized carbons (Fsp3) is 0.143. The molecule has 27 heavy (non-hydrogen) atoms. The van der Waals surface area contributed by atoms with Gasteiger partial charge in [-0.3, -0.25) is 9.59 Å². The summed E-state index contributed by atoms with van der Waals surface area (Å²) in [6.07, 6.45) is -0.403. The molecule has 6 heteroatoms. The van der Waals surface area contributed by atoms with E-state index in [4.69, 9.17) is 21.1 Å². The highest BCUT2D eigenvalue weighted by Gasteiger charge is 2.15. The fourth-order valence-electron chi connectivity index (χ4n) is 2.51. The summed E-state index contributed by atoms with van der Waals surface area (Å²) in [5.74, 6) is -2.38. The Morgan fingerprint density at radius 3 is 2.41 bits per heavy atom. The minimum Gasteiger partial charge on any atom is -0.461 e. The van der Waals surface area contributed by atoms with Gasteiger partial charge in [0.1, 0.15) is 6.61 Å². The Hall–Kier alpha value is -2.92. The lowest BCUT2D eigenvalue weighted by molar-refractivity contribution is -0.148. The van der Waals surface area contributed by atoms with Crippen LogP contribution in [0.25, 0.3) is 10.8 Å². The number of hydrogen-bond acceptors (Lipinski definition) is 4. The first-order valence-corrected chi connectivity index (χ1v) is 8.69. The van der Waals surface area contributed by atoms with Crippen molar-refractivity contribution in [1.29, 1.82) is 0 Å². The van der Waals surface area contributed by atoms with Crippen LogP contribution in [0.3, 0.4) is 0 Å². The van der Waals surface area contributed by atoms with E-state index in [9.17, 15) is 14.0 Å². The van der Waals surface area contributed by atoms with E-state index in [1.54, 1.807) is 0 Å². The summed E-state index contributed by atoms with van der Waals surface area (Å²) < 4.78 is 23.6. The Morgan fingerprint density at radius 2 is 1.63 bits per heavy atom. The standard InChI is InChI=1S/C21H16ClFO4/c22-17-6-3-7-18(23)21(17)27-20(25)11-10-19(24)26-13-14-8-9-15-4-1-2-5-16(15)12-14/h1-9,12H,10-11,13H2. The van der Waals surface area contributed by atoms with Gasteiger partial charge in [-0.05, 0) is 34.5 Å². The fourth-order valence-corrected chi connectivity index (χ4v) is 2.72. The monoisotopic (exact) mass is 386 g/mol. The molecule has 0 spiro atoms. The van der Waals surface area contributed by atoms with Crippen LogP contribution in [0.15, 0.2) is 60.7 Å². The van der Waals surface area contributed by atoms with Crippen LogP contribution in [0.2, 0.25) is 5.02 Å². The first-order chi connectivity index (χ1) is 13.0. The largest absolute Gasteiger partial charge is 0.461 e. The second-order valence-corrected chi connectivity index (χ2v) is 6.27. The van der Waals surface area contributed by atoms with Crippen LogP contribution in [-0.4, -0.2) is 11.9 Å². The highest BCUT2D eigenvalue weighted by molar-refractivity contribution is 6.32. The van der Waals surface area contributed by atoms with Crippen molar-refractivity contribution in [3.63, 3.8) is 0 Å². The van der Waals surface area contributed by atoms with Gasteiger partial charge in [0.25, 0.3) is 0 Å². The molecule has 0 fully saturated rings. The minimum absolute atomic E-state index is 0.0118. The highest BCUT2D eigenvalue weighted by atomic mass is 35.5. The lowest BCUT2D eigenvalue weighted by Gasteiger charge is -2.08. The number of carbonyl (C=O) groups is 2. The molecular formula is C21H16ClFO4. The summed E-state index contributed by atoms with van der Waals surface area (Å²) >= 11 is 5.79. The molecule has 0 unspecified atom stereocenters. The molecule has 3 aromatic rings. The van der Waals surface area contributed by atoms with Crippen molar-refractivity contribution in [1.82, 2.24) is 0 Å². The maximum absolute atomic E-state index is 13.6. The van der Waals surface area contributed by atoms with Gasteiger partial charge < -0.3 is 9.47 Å². The number of ether oxygens (including phenoxy) is 2. The molecule has 3 aromatic carbocycles. The molecule has 0 N–H and O–H groups in total. The van der Waals surface area contributed by atoms with Gasteiger partial charge >= 0.3 is 11.9 Å². The second kappa shape index (κ2) is 8.64. The molecule has 0 aliphatic carbocycles. The predicted octanol–water partition coefficient (Wildman–Crippen LogP) is 5.06. The van der Waals surface area contributed by atoms with Gasteiger partial charge in [0, 0.05) is 0 Å². The number of benzene rings is 3. The van der Waals surface area contributed by atoms with Gasteiger partial charge in [0.05, 0.1) is 17.9 Å². The molecule has 3 rings (SSSR count). The molecule has 0 atom stereocenters. The summed E-state index contributed by atoms with van der Waals surface area (Å²) in [7, 11) is 0. The molecule has 0 aliphatic heterocycles. The average molecular weight is 387 g/mol. The first kappa shape index (κ1) is 18.9. The zero-order valence-electron chi connectivity index (χ0n) is 14.3. The molecule has 0 saturated carbocycles. The van der Waals surface area contributed by atoms with E-state index in [0.29, 0.717) is 0 Å². The van der Waals surface area contributed by atoms with Crippen molar-refractivity contribution in [2.45, 2.75) is 19.4 Å².